The van der Waals surface area contributed by atoms with Crippen molar-refractivity contribution in [3.63, 3.8) is 0 Å². The highest BCUT2D eigenvalue weighted by Crippen LogP contribution is 2.43. The van der Waals surface area contributed by atoms with Crippen molar-refractivity contribution in [1.82, 2.24) is 9.88 Å². The molecule has 0 saturated carbocycles. The molecule has 132 valence electrons. The number of aromatic nitrogens is 1. The largest absolute Gasteiger partial charge is 0.497 e. The molecule has 3 aliphatic heterocycles. The molecule has 3 saturated heterocycles. The minimum atomic E-state index is 0.0474. The smallest absolute Gasteiger partial charge is 0.119 e. The molecule has 0 amide bonds. The highest BCUT2D eigenvalue weighted by Gasteiger charge is 2.42. The molecule has 1 aromatic carbocycles. The Labute approximate surface area is 149 Å². The third-order valence-electron chi connectivity index (χ3n) is 6.05. The Morgan fingerprint density at radius 1 is 1.32 bits per heavy atom. The van der Waals surface area contributed by atoms with Crippen molar-refractivity contribution in [3.05, 3.63) is 48.7 Å². The van der Waals surface area contributed by atoms with Crippen LogP contribution in [0.3, 0.4) is 0 Å². The van der Waals surface area contributed by atoms with Crippen molar-refractivity contribution in [2.45, 2.75) is 25.0 Å². The lowest BCUT2D eigenvalue weighted by Gasteiger charge is -2.51. The van der Waals surface area contributed by atoms with E-state index < -0.39 is 0 Å². The average molecular weight is 338 g/mol. The highest BCUT2D eigenvalue weighted by molar-refractivity contribution is 5.84. The molecule has 0 aliphatic carbocycles. The molecule has 1 aromatic heterocycles. The van der Waals surface area contributed by atoms with Crippen LogP contribution in [-0.2, 0) is 4.74 Å². The second-order valence-electron chi connectivity index (χ2n) is 7.19. The van der Waals surface area contributed by atoms with E-state index in [9.17, 15) is 0 Å². The fraction of sp³-hybridized carbons (Fsp3) is 0.476. The number of methoxy groups -OCH3 is 2. The van der Waals surface area contributed by atoms with E-state index in [0.717, 1.165) is 35.7 Å². The number of ether oxygens (including phenoxy) is 2. The fourth-order valence-electron chi connectivity index (χ4n) is 4.71. The van der Waals surface area contributed by atoms with Crippen LogP contribution >= 0.6 is 0 Å². The topological polar surface area (TPSA) is 34.6 Å². The van der Waals surface area contributed by atoms with Crippen LogP contribution in [0.25, 0.3) is 10.9 Å². The molecule has 25 heavy (non-hydrogen) atoms. The Balaban J connectivity index is 1.72. The first-order valence-corrected chi connectivity index (χ1v) is 9.07. The van der Waals surface area contributed by atoms with Crippen LogP contribution in [0.15, 0.2) is 43.1 Å². The summed E-state index contributed by atoms with van der Waals surface area (Å²) >= 11 is 0. The van der Waals surface area contributed by atoms with Gasteiger partial charge in [0.2, 0.25) is 0 Å². The molecular formula is C21H26N2O2. The van der Waals surface area contributed by atoms with Gasteiger partial charge in [-0.1, -0.05) is 6.08 Å². The Morgan fingerprint density at radius 3 is 2.88 bits per heavy atom. The van der Waals surface area contributed by atoms with E-state index in [-0.39, 0.29) is 6.10 Å². The maximum Gasteiger partial charge on any atom is 0.119 e. The molecule has 4 nitrogen and oxygen atoms in total. The van der Waals surface area contributed by atoms with Gasteiger partial charge in [0, 0.05) is 31.3 Å². The summed E-state index contributed by atoms with van der Waals surface area (Å²) in [7, 11) is 3.53. The number of nitrogens with zero attached hydrogens (tertiary/aromatic N) is 2. The third-order valence-corrected chi connectivity index (χ3v) is 6.05. The van der Waals surface area contributed by atoms with Gasteiger partial charge in [-0.15, -0.1) is 6.58 Å². The van der Waals surface area contributed by atoms with Crippen LogP contribution in [0.1, 0.15) is 24.5 Å². The lowest BCUT2D eigenvalue weighted by atomic mass is 9.73. The van der Waals surface area contributed by atoms with Gasteiger partial charge in [-0.3, -0.25) is 9.88 Å². The van der Waals surface area contributed by atoms with Crippen molar-refractivity contribution in [1.29, 1.82) is 0 Å². The predicted octanol–water partition coefficient (Wildman–Crippen LogP) is 3.83. The van der Waals surface area contributed by atoms with E-state index in [0.29, 0.717) is 12.0 Å². The summed E-state index contributed by atoms with van der Waals surface area (Å²) in [5, 5.41) is 1.12. The normalized spacial score (nSPS) is 29.5. The highest BCUT2D eigenvalue weighted by atomic mass is 16.5. The molecule has 5 rings (SSSR count). The summed E-state index contributed by atoms with van der Waals surface area (Å²) in [5.74, 6) is 2.21. The number of hydrogen-bond donors (Lipinski definition) is 0. The summed E-state index contributed by atoms with van der Waals surface area (Å²) in [5.41, 5.74) is 2.19. The maximum atomic E-state index is 6.04. The predicted molar refractivity (Wildman–Crippen MR) is 99.8 cm³/mol. The molecule has 4 unspecified atom stereocenters. The molecule has 3 aliphatic rings. The number of rotatable bonds is 5. The average Bonchev–Trinajstić information content (AvgIpc) is 2.68. The number of hydrogen-bond acceptors (Lipinski definition) is 4. The molecule has 3 fully saturated rings. The van der Waals surface area contributed by atoms with Crippen LogP contribution in [0, 0.1) is 11.8 Å². The SMILES string of the molecule is C=CC1CN2CCC1CC2[C@@H](OC)c1ccnc2ccc(OC)cc12. The number of piperidine rings is 3. The minimum absolute atomic E-state index is 0.0474. The van der Waals surface area contributed by atoms with E-state index in [1.54, 1.807) is 7.11 Å². The summed E-state index contributed by atoms with van der Waals surface area (Å²) in [6, 6.07) is 8.57. The lowest BCUT2D eigenvalue weighted by molar-refractivity contribution is -0.0601. The van der Waals surface area contributed by atoms with Crippen molar-refractivity contribution < 1.29 is 9.47 Å². The summed E-state index contributed by atoms with van der Waals surface area (Å²) < 4.78 is 11.5. The first-order valence-electron chi connectivity index (χ1n) is 9.07. The fourth-order valence-corrected chi connectivity index (χ4v) is 4.71. The minimum Gasteiger partial charge on any atom is -0.497 e. The van der Waals surface area contributed by atoms with E-state index in [1.165, 1.54) is 18.4 Å². The number of pyridine rings is 1. The third kappa shape index (κ3) is 2.83. The Bertz CT molecular complexity index is 776. The molecule has 4 heteroatoms. The molecule has 0 spiro atoms. The second-order valence-corrected chi connectivity index (χ2v) is 7.19. The molecule has 0 N–H and O–H groups in total. The second kappa shape index (κ2) is 6.77. The molecule has 2 bridgehead atoms. The van der Waals surface area contributed by atoms with Crippen LogP contribution in [0.4, 0.5) is 0 Å². The van der Waals surface area contributed by atoms with Gasteiger partial charge in [-0.25, -0.2) is 0 Å². The Kier molecular flexibility index (Phi) is 4.48. The van der Waals surface area contributed by atoms with Crippen molar-refractivity contribution in [2.24, 2.45) is 11.8 Å². The van der Waals surface area contributed by atoms with Gasteiger partial charge < -0.3 is 9.47 Å². The zero-order chi connectivity index (χ0) is 17.4. The molecule has 4 heterocycles. The van der Waals surface area contributed by atoms with Crippen LogP contribution in [-0.4, -0.2) is 43.2 Å². The first-order chi connectivity index (χ1) is 12.2. The maximum absolute atomic E-state index is 6.04. The first kappa shape index (κ1) is 16.6. The molecular weight excluding hydrogens is 312 g/mol. The standard InChI is InChI=1S/C21H26N2O2/c1-4-14-13-23-10-8-15(14)11-20(23)21(25-3)17-7-9-22-19-6-5-16(24-2)12-18(17)19/h4-7,9,12,14-15,20-21H,1,8,10-11,13H2,2-3H3/t14?,15?,20?,21-/m0/s1. The van der Waals surface area contributed by atoms with E-state index in [2.05, 4.69) is 34.7 Å². The van der Waals surface area contributed by atoms with Crippen LogP contribution in [0.2, 0.25) is 0 Å². The van der Waals surface area contributed by atoms with Gasteiger partial charge in [0.25, 0.3) is 0 Å². The van der Waals surface area contributed by atoms with Gasteiger partial charge in [-0.05, 0) is 61.1 Å². The van der Waals surface area contributed by atoms with Crippen molar-refractivity contribution >= 4 is 10.9 Å². The van der Waals surface area contributed by atoms with Gasteiger partial charge in [0.15, 0.2) is 0 Å². The molecule has 5 atom stereocenters. The summed E-state index contributed by atoms with van der Waals surface area (Å²) in [6.45, 7) is 6.29. The summed E-state index contributed by atoms with van der Waals surface area (Å²) in [4.78, 5) is 7.10. The number of fused-ring (bicyclic) bond motifs is 4. The van der Waals surface area contributed by atoms with Gasteiger partial charge in [-0.2, -0.15) is 0 Å². The zero-order valence-electron chi connectivity index (χ0n) is 15.0. The molecule has 2 aromatic rings. The Morgan fingerprint density at radius 2 is 2.20 bits per heavy atom. The van der Waals surface area contributed by atoms with E-state index in [1.807, 2.05) is 25.4 Å². The summed E-state index contributed by atoms with van der Waals surface area (Å²) in [6.07, 6.45) is 6.52. The van der Waals surface area contributed by atoms with Crippen LogP contribution < -0.4 is 4.74 Å². The van der Waals surface area contributed by atoms with Crippen molar-refractivity contribution in [2.75, 3.05) is 27.3 Å². The molecule has 0 radical (unpaired) electrons. The van der Waals surface area contributed by atoms with Crippen molar-refractivity contribution in [3.8, 4) is 5.75 Å². The van der Waals surface area contributed by atoms with Gasteiger partial charge in [0.1, 0.15) is 5.75 Å². The van der Waals surface area contributed by atoms with E-state index >= 15 is 0 Å². The zero-order valence-corrected chi connectivity index (χ0v) is 15.0. The quantitative estimate of drug-likeness (QED) is 0.776. The van der Waals surface area contributed by atoms with Gasteiger partial charge in [0.05, 0.1) is 18.7 Å². The van der Waals surface area contributed by atoms with Gasteiger partial charge >= 0.3 is 0 Å². The lowest BCUT2D eigenvalue weighted by Crippen LogP contribution is -2.55. The number of benzene rings is 1. The van der Waals surface area contributed by atoms with E-state index in [4.69, 9.17) is 9.47 Å². The Hall–Kier alpha value is -1.91. The van der Waals surface area contributed by atoms with Crippen LogP contribution in [0.5, 0.6) is 5.75 Å². The monoisotopic (exact) mass is 338 g/mol.